The minimum absolute atomic E-state index is 0.142. The van der Waals surface area contributed by atoms with E-state index in [0.29, 0.717) is 34.4 Å². The predicted molar refractivity (Wildman–Crippen MR) is 108 cm³/mol. The second kappa shape index (κ2) is 9.00. The summed E-state index contributed by atoms with van der Waals surface area (Å²) in [7, 11) is 0. The zero-order chi connectivity index (χ0) is 22.6. The summed E-state index contributed by atoms with van der Waals surface area (Å²) < 4.78 is 38.1. The van der Waals surface area contributed by atoms with Crippen LogP contribution in [0.2, 0.25) is 0 Å². The number of pyridine rings is 1. The lowest BCUT2D eigenvalue weighted by Crippen LogP contribution is -2.19. The summed E-state index contributed by atoms with van der Waals surface area (Å²) in [6.45, 7) is 4.94. The molecular weight excluding hydrogens is 433 g/mol. The van der Waals surface area contributed by atoms with Crippen molar-refractivity contribution in [3.05, 3.63) is 60.1 Å². The summed E-state index contributed by atoms with van der Waals surface area (Å²) in [5, 5.41) is 4.72. The van der Waals surface area contributed by atoms with E-state index in [-0.39, 0.29) is 10.9 Å². The zero-order valence-electron chi connectivity index (χ0n) is 16.0. The van der Waals surface area contributed by atoms with Gasteiger partial charge in [-0.15, -0.1) is 0 Å². The van der Waals surface area contributed by atoms with Gasteiger partial charge in [-0.25, -0.2) is 9.97 Å². The summed E-state index contributed by atoms with van der Waals surface area (Å²) in [6, 6.07) is 1.67. The van der Waals surface area contributed by atoms with Crippen molar-refractivity contribution in [1.29, 1.82) is 0 Å². The molecule has 0 aromatic carbocycles. The summed E-state index contributed by atoms with van der Waals surface area (Å²) >= 11 is 0.350. The zero-order valence-corrected chi connectivity index (χ0v) is 16.8. The van der Waals surface area contributed by atoms with Gasteiger partial charge >= 0.3 is 6.18 Å². The molecule has 0 saturated carbocycles. The molecule has 3 heterocycles. The normalized spacial score (nSPS) is 12.1. The molecule has 3 aromatic rings. The van der Waals surface area contributed by atoms with Crippen molar-refractivity contribution in [2.75, 3.05) is 10.6 Å². The highest BCUT2D eigenvalue weighted by atomic mass is 32.1. The Morgan fingerprint density at radius 1 is 1.10 bits per heavy atom. The number of thiazole rings is 1. The number of rotatable bonds is 6. The molecular formula is C19H15F3N6O2S. The Hall–Kier alpha value is -3.67. The van der Waals surface area contributed by atoms with E-state index in [1.165, 1.54) is 24.8 Å². The quantitative estimate of drug-likeness (QED) is 0.554. The van der Waals surface area contributed by atoms with Crippen LogP contribution >= 0.6 is 11.3 Å². The summed E-state index contributed by atoms with van der Waals surface area (Å²) in [6.07, 6.45) is 3.05. The van der Waals surface area contributed by atoms with Gasteiger partial charge in [-0.05, 0) is 24.6 Å². The first-order valence-electron chi connectivity index (χ1n) is 8.72. The highest BCUT2D eigenvalue weighted by molar-refractivity contribution is 7.15. The minimum atomic E-state index is -4.52. The Labute approximate surface area is 178 Å². The van der Waals surface area contributed by atoms with E-state index in [9.17, 15) is 22.8 Å². The smallest absolute Gasteiger partial charge is 0.306 e. The molecule has 3 rings (SSSR count). The lowest BCUT2D eigenvalue weighted by Gasteiger charge is -2.12. The predicted octanol–water partition coefficient (Wildman–Crippen LogP) is 3.88. The monoisotopic (exact) mass is 448 g/mol. The highest BCUT2D eigenvalue weighted by Gasteiger charge is 2.33. The Kier molecular flexibility index (Phi) is 6.39. The number of anilines is 2. The maximum atomic E-state index is 12.7. The molecule has 0 aliphatic carbocycles. The standard InChI is InChI=1S/C19H15F3N6O2S/c1-3-16(29)27-15-9-24-13(7-25-15)12-4-11(5-23-6-12)10(2)17(30)28-18-26-8-14(31-18)19(20,21)22/h3-10H,1H2,2H3,(H,25,27,29)(H,26,28,30). The number of alkyl halides is 3. The topological polar surface area (TPSA) is 110 Å². The summed E-state index contributed by atoms with van der Waals surface area (Å²) in [5.41, 5.74) is 1.54. The highest BCUT2D eigenvalue weighted by Crippen LogP contribution is 2.35. The fourth-order valence-electron chi connectivity index (χ4n) is 2.38. The molecule has 0 bridgehead atoms. The molecule has 3 aromatic heterocycles. The van der Waals surface area contributed by atoms with Crippen LogP contribution in [0.4, 0.5) is 24.1 Å². The van der Waals surface area contributed by atoms with Crippen LogP contribution in [0.3, 0.4) is 0 Å². The summed E-state index contributed by atoms with van der Waals surface area (Å²) in [4.78, 5) is 38.9. The van der Waals surface area contributed by atoms with E-state index in [1.54, 1.807) is 13.0 Å². The van der Waals surface area contributed by atoms with Gasteiger partial charge in [-0.1, -0.05) is 17.9 Å². The van der Waals surface area contributed by atoms with E-state index in [2.05, 4.69) is 37.1 Å². The Morgan fingerprint density at radius 3 is 2.48 bits per heavy atom. The molecule has 0 aliphatic rings. The second-order valence-electron chi connectivity index (χ2n) is 6.23. The van der Waals surface area contributed by atoms with Crippen LogP contribution in [0.15, 0.2) is 49.7 Å². The van der Waals surface area contributed by atoms with E-state index in [0.717, 1.165) is 6.08 Å². The number of hydrogen-bond acceptors (Lipinski definition) is 7. The number of carbonyl (C=O) groups is 2. The fraction of sp³-hybridized carbons (Fsp3) is 0.158. The minimum Gasteiger partial charge on any atom is -0.306 e. The number of nitrogens with one attached hydrogen (secondary N) is 2. The van der Waals surface area contributed by atoms with Gasteiger partial charge in [0, 0.05) is 18.0 Å². The van der Waals surface area contributed by atoms with E-state index in [4.69, 9.17) is 0 Å². The molecule has 0 spiro atoms. The molecule has 2 N–H and O–H groups in total. The Bertz CT molecular complexity index is 1110. The lowest BCUT2D eigenvalue weighted by molar-refractivity contribution is -0.134. The van der Waals surface area contributed by atoms with Crippen molar-refractivity contribution in [3.63, 3.8) is 0 Å². The third-order valence-corrected chi connectivity index (χ3v) is 5.01. The van der Waals surface area contributed by atoms with Gasteiger partial charge in [0.25, 0.3) is 0 Å². The average Bonchev–Trinajstić information content (AvgIpc) is 3.23. The molecule has 0 aliphatic heterocycles. The van der Waals surface area contributed by atoms with Gasteiger partial charge in [-0.3, -0.25) is 19.6 Å². The van der Waals surface area contributed by atoms with Gasteiger partial charge in [0.2, 0.25) is 11.8 Å². The molecule has 12 heteroatoms. The Balaban J connectivity index is 1.73. The number of amides is 2. The van der Waals surface area contributed by atoms with Gasteiger partial charge < -0.3 is 10.6 Å². The van der Waals surface area contributed by atoms with Gasteiger partial charge in [0.1, 0.15) is 4.88 Å². The van der Waals surface area contributed by atoms with Crippen LogP contribution in [-0.4, -0.2) is 31.8 Å². The van der Waals surface area contributed by atoms with Crippen LogP contribution in [0.25, 0.3) is 11.3 Å². The van der Waals surface area contributed by atoms with Gasteiger partial charge in [0.15, 0.2) is 10.9 Å². The first-order chi connectivity index (χ1) is 14.7. The largest absolute Gasteiger partial charge is 0.427 e. The van der Waals surface area contributed by atoms with Crippen LogP contribution in [0.5, 0.6) is 0 Å². The first-order valence-corrected chi connectivity index (χ1v) is 9.53. The van der Waals surface area contributed by atoms with Crippen molar-refractivity contribution in [3.8, 4) is 11.3 Å². The third-order valence-electron chi connectivity index (χ3n) is 4.05. The van der Waals surface area contributed by atoms with Crippen LogP contribution in [0, 0.1) is 0 Å². The van der Waals surface area contributed by atoms with E-state index < -0.39 is 28.8 Å². The number of halogens is 3. The van der Waals surface area contributed by atoms with Crippen molar-refractivity contribution in [2.45, 2.75) is 19.0 Å². The SMILES string of the molecule is C=CC(=O)Nc1cnc(-c2cncc(C(C)C(=O)Nc3ncc(C(F)(F)F)s3)c2)cn1. The maximum Gasteiger partial charge on any atom is 0.427 e. The molecule has 1 unspecified atom stereocenters. The summed E-state index contributed by atoms with van der Waals surface area (Å²) in [5.74, 6) is -1.43. The van der Waals surface area contributed by atoms with Gasteiger partial charge in [-0.2, -0.15) is 13.2 Å². The average molecular weight is 448 g/mol. The fourth-order valence-corrected chi connectivity index (χ4v) is 3.07. The van der Waals surface area contributed by atoms with Crippen LogP contribution in [0.1, 0.15) is 23.3 Å². The molecule has 0 radical (unpaired) electrons. The van der Waals surface area contributed by atoms with Crippen molar-refractivity contribution < 1.29 is 22.8 Å². The van der Waals surface area contributed by atoms with E-state index >= 15 is 0 Å². The molecule has 160 valence electrons. The Morgan fingerprint density at radius 2 is 1.87 bits per heavy atom. The number of hydrogen-bond donors (Lipinski definition) is 2. The first kappa shape index (κ1) is 22.0. The molecule has 0 fully saturated rings. The van der Waals surface area contributed by atoms with Gasteiger partial charge in [0.05, 0.1) is 30.2 Å². The molecule has 0 saturated heterocycles. The van der Waals surface area contributed by atoms with Crippen LogP contribution in [-0.2, 0) is 15.8 Å². The number of aromatic nitrogens is 4. The maximum absolute atomic E-state index is 12.7. The number of nitrogens with zero attached hydrogens (tertiary/aromatic N) is 4. The molecule has 2 amide bonds. The van der Waals surface area contributed by atoms with E-state index in [1.807, 2.05) is 0 Å². The number of carbonyl (C=O) groups excluding carboxylic acids is 2. The van der Waals surface area contributed by atoms with Crippen molar-refractivity contribution in [1.82, 2.24) is 19.9 Å². The second-order valence-corrected chi connectivity index (χ2v) is 7.26. The van der Waals surface area contributed by atoms with Crippen molar-refractivity contribution >= 4 is 34.1 Å². The van der Waals surface area contributed by atoms with Crippen LogP contribution < -0.4 is 10.6 Å². The third kappa shape index (κ3) is 5.48. The molecule has 8 nitrogen and oxygen atoms in total. The lowest BCUT2D eigenvalue weighted by atomic mass is 10.0. The molecule has 31 heavy (non-hydrogen) atoms. The van der Waals surface area contributed by atoms with Crippen molar-refractivity contribution in [2.24, 2.45) is 0 Å². The molecule has 1 atom stereocenters.